The van der Waals surface area contributed by atoms with Crippen LogP contribution in [0.2, 0.25) is 0 Å². The van der Waals surface area contributed by atoms with Crippen LogP contribution in [0, 0.1) is 0 Å². The number of rotatable bonds is 6. The van der Waals surface area contributed by atoms with Crippen molar-refractivity contribution in [1.29, 1.82) is 0 Å². The van der Waals surface area contributed by atoms with E-state index < -0.39 is 0 Å². The summed E-state index contributed by atoms with van der Waals surface area (Å²) in [4.78, 5) is 19.9. The van der Waals surface area contributed by atoms with Gasteiger partial charge in [-0.1, -0.05) is 6.07 Å². The Morgan fingerprint density at radius 2 is 2.26 bits per heavy atom. The Balaban J connectivity index is 2.45. The predicted octanol–water partition coefficient (Wildman–Crippen LogP) is 2.16. The maximum atomic E-state index is 12.3. The number of nitrogens with zero attached hydrogens (tertiary/aromatic N) is 2. The van der Waals surface area contributed by atoms with Gasteiger partial charge in [-0.15, -0.1) is 11.3 Å². The van der Waals surface area contributed by atoms with Crippen molar-refractivity contribution in [3.63, 3.8) is 0 Å². The van der Waals surface area contributed by atoms with Crippen molar-refractivity contribution in [2.75, 3.05) is 33.9 Å². The molecule has 2 heterocycles. The summed E-state index contributed by atoms with van der Waals surface area (Å²) in [5.41, 5.74) is 1.50. The lowest BCUT2D eigenvalue weighted by Crippen LogP contribution is -2.49. The third-order valence-electron chi connectivity index (χ3n) is 3.72. The number of guanidine groups is 1. The average molecular weight is 337 g/mol. The molecule has 0 saturated heterocycles. The minimum atomic E-state index is -0.317. The first-order chi connectivity index (χ1) is 11.1. The molecule has 1 aliphatic heterocycles. The molecule has 2 rings (SSSR count). The summed E-state index contributed by atoms with van der Waals surface area (Å²) in [6, 6.07) is 3.74. The number of carbonyl (C=O) groups excluding carboxylic acids is 1. The number of nitrogens with one attached hydrogen (secondary N) is 1. The first kappa shape index (κ1) is 17.5. The van der Waals surface area contributed by atoms with E-state index in [0.717, 1.165) is 16.5 Å². The van der Waals surface area contributed by atoms with Gasteiger partial charge in [0.15, 0.2) is 5.96 Å². The Kier molecular flexibility index (Phi) is 6.18. The number of thiophene rings is 1. The number of methoxy groups -OCH3 is 2. The molecule has 0 radical (unpaired) electrons. The normalized spacial score (nSPS) is 19.9. The van der Waals surface area contributed by atoms with Gasteiger partial charge in [0.25, 0.3) is 0 Å². The predicted molar refractivity (Wildman–Crippen MR) is 91.5 cm³/mol. The first-order valence-corrected chi connectivity index (χ1v) is 8.41. The lowest BCUT2D eigenvalue weighted by Gasteiger charge is -2.37. The molecule has 1 N–H and O–H groups in total. The summed E-state index contributed by atoms with van der Waals surface area (Å²) in [5.74, 6) is 0.441. The Hall–Kier alpha value is -1.86. The summed E-state index contributed by atoms with van der Waals surface area (Å²) in [5, 5.41) is 5.38. The fraction of sp³-hybridized carbons (Fsp3) is 0.500. The van der Waals surface area contributed by atoms with Crippen molar-refractivity contribution in [3.8, 4) is 0 Å². The largest absolute Gasteiger partial charge is 0.466 e. The number of carbonyl (C=O) groups is 1. The molecule has 0 amide bonds. The summed E-state index contributed by atoms with van der Waals surface area (Å²) >= 11 is 1.60. The van der Waals surface area contributed by atoms with E-state index in [1.807, 2.05) is 36.3 Å². The highest BCUT2D eigenvalue weighted by atomic mass is 32.1. The van der Waals surface area contributed by atoms with Gasteiger partial charge in [0.05, 0.1) is 31.9 Å². The summed E-state index contributed by atoms with van der Waals surface area (Å²) < 4.78 is 10.1. The van der Waals surface area contributed by atoms with Crippen LogP contribution < -0.4 is 5.32 Å². The van der Waals surface area contributed by atoms with Crippen LogP contribution in [-0.4, -0.2) is 50.7 Å². The molecule has 1 aliphatic rings. The number of hydrogen-bond donors (Lipinski definition) is 1. The second kappa shape index (κ2) is 8.12. The second-order valence-corrected chi connectivity index (χ2v) is 6.01. The van der Waals surface area contributed by atoms with Crippen molar-refractivity contribution in [1.82, 2.24) is 10.2 Å². The van der Waals surface area contributed by atoms with Crippen LogP contribution in [0.3, 0.4) is 0 Å². The van der Waals surface area contributed by atoms with E-state index >= 15 is 0 Å². The SMILES string of the molecule is CCN1C(=NCCOC)NC(c2cccs2)C(C(=O)OC)=C1C. The van der Waals surface area contributed by atoms with Gasteiger partial charge in [-0.3, -0.25) is 4.99 Å². The van der Waals surface area contributed by atoms with Crippen LogP contribution in [0.1, 0.15) is 24.8 Å². The van der Waals surface area contributed by atoms with Gasteiger partial charge in [-0.25, -0.2) is 4.79 Å². The molecule has 0 spiro atoms. The molecule has 23 heavy (non-hydrogen) atoms. The van der Waals surface area contributed by atoms with Gasteiger partial charge in [0.1, 0.15) is 0 Å². The van der Waals surface area contributed by atoms with E-state index in [0.29, 0.717) is 25.3 Å². The standard InChI is InChI=1S/C16H23N3O3S/c1-5-19-11(2)13(15(20)22-4)14(12-7-6-10-23-12)18-16(19)17-8-9-21-3/h6-7,10,14H,5,8-9H2,1-4H3,(H,17,18). The molecule has 1 unspecified atom stereocenters. The van der Waals surface area contributed by atoms with Crippen molar-refractivity contribution in [3.05, 3.63) is 33.7 Å². The highest BCUT2D eigenvalue weighted by Crippen LogP contribution is 2.33. The average Bonchev–Trinajstić information content (AvgIpc) is 3.08. The van der Waals surface area contributed by atoms with Crippen molar-refractivity contribution in [2.24, 2.45) is 4.99 Å². The maximum Gasteiger partial charge on any atom is 0.338 e. The quantitative estimate of drug-likeness (QED) is 0.637. The molecule has 126 valence electrons. The molecular formula is C16H23N3O3S. The Morgan fingerprint density at radius 1 is 1.48 bits per heavy atom. The Morgan fingerprint density at radius 3 is 2.83 bits per heavy atom. The molecule has 0 aromatic carbocycles. The number of ether oxygens (including phenoxy) is 2. The van der Waals surface area contributed by atoms with E-state index in [2.05, 4.69) is 10.3 Å². The van der Waals surface area contributed by atoms with Gasteiger partial charge < -0.3 is 19.7 Å². The van der Waals surface area contributed by atoms with Crippen LogP contribution in [0.15, 0.2) is 33.8 Å². The topological polar surface area (TPSA) is 63.2 Å². The summed E-state index contributed by atoms with van der Waals surface area (Å²) in [7, 11) is 3.06. The van der Waals surface area contributed by atoms with E-state index in [1.165, 1.54) is 7.11 Å². The van der Waals surface area contributed by atoms with Crippen molar-refractivity contribution in [2.45, 2.75) is 19.9 Å². The first-order valence-electron chi connectivity index (χ1n) is 7.53. The van der Waals surface area contributed by atoms with Gasteiger partial charge >= 0.3 is 5.97 Å². The zero-order chi connectivity index (χ0) is 16.8. The fourth-order valence-electron chi connectivity index (χ4n) is 2.60. The van der Waals surface area contributed by atoms with Crippen LogP contribution in [-0.2, 0) is 14.3 Å². The molecule has 1 aromatic rings. The van der Waals surface area contributed by atoms with Crippen molar-refractivity contribution < 1.29 is 14.3 Å². The van der Waals surface area contributed by atoms with Gasteiger partial charge in [-0.05, 0) is 25.3 Å². The van der Waals surface area contributed by atoms with Crippen LogP contribution in [0.25, 0.3) is 0 Å². The van der Waals surface area contributed by atoms with E-state index in [-0.39, 0.29) is 12.0 Å². The fourth-order valence-corrected chi connectivity index (χ4v) is 3.38. The summed E-state index contributed by atoms with van der Waals surface area (Å²) in [6.07, 6.45) is 0. The van der Waals surface area contributed by atoms with Crippen molar-refractivity contribution >= 4 is 23.3 Å². The number of allylic oxidation sites excluding steroid dienone is 1. The molecule has 1 aromatic heterocycles. The number of esters is 1. The Bertz CT molecular complexity index is 596. The number of hydrogen-bond acceptors (Lipinski definition) is 5. The van der Waals surface area contributed by atoms with Gasteiger partial charge in [-0.2, -0.15) is 0 Å². The Labute approximate surface area is 140 Å². The molecule has 1 atom stereocenters. The summed E-state index contributed by atoms with van der Waals surface area (Å²) in [6.45, 7) is 5.79. The maximum absolute atomic E-state index is 12.3. The highest BCUT2D eigenvalue weighted by Gasteiger charge is 2.35. The van der Waals surface area contributed by atoms with Crippen LogP contribution >= 0.6 is 11.3 Å². The smallest absolute Gasteiger partial charge is 0.338 e. The zero-order valence-corrected chi connectivity index (χ0v) is 14.8. The van der Waals surface area contributed by atoms with E-state index in [1.54, 1.807) is 18.4 Å². The third-order valence-corrected chi connectivity index (χ3v) is 4.66. The molecule has 6 nitrogen and oxygen atoms in total. The van der Waals surface area contributed by atoms with E-state index in [9.17, 15) is 4.79 Å². The zero-order valence-electron chi connectivity index (χ0n) is 14.0. The minimum absolute atomic E-state index is 0.244. The monoisotopic (exact) mass is 337 g/mol. The molecule has 0 bridgehead atoms. The van der Waals surface area contributed by atoms with Crippen LogP contribution in [0.5, 0.6) is 0 Å². The minimum Gasteiger partial charge on any atom is -0.466 e. The third kappa shape index (κ3) is 3.73. The lowest BCUT2D eigenvalue weighted by atomic mass is 10.0. The molecule has 0 fully saturated rings. The molecule has 0 saturated carbocycles. The molecule has 7 heteroatoms. The van der Waals surface area contributed by atoms with Gasteiger partial charge in [0, 0.05) is 24.2 Å². The van der Waals surface area contributed by atoms with Crippen LogP contribution in [0.4, 0.5) is 0 Å². The van der Waals surface area contributed by atoms with E-state index in [4.69, 9.17) is 9.47 Å². The lowest BCUT2D eigenvalue weighted by molar-refractivity contribution is -0.136. The molecule has 0 aliphatic carbocycles. The number of aliphatic imine (C=N–C) groups is 1. The second-order valence-electron chi connectivity index (χ2n) is 5.03. The highest BCUT2D eigenvalue weighted by molar-refractivity contribution is 7.10. The van der Waals surface area contributed by atoms with Gasteiger partial charge in [0.2, 0.25) is 0 Å². The molecular weight excluding hydrogens is 314 g/mol.